The summed E-state index contributed by atoms with van der Waals surface area (Å²) in [4.78, 5) is 28.1. The minimum absolute atomic E-state index is 0.0806. The van der Waals surface area contributed by atoms with Crippen molar-refractivity contribution in [3.05, 3.63) is 82.4 Å². The third-order valence-electron chi connectivity index (χ3n) is 5.85. The maximum Gasteiger partial charge on any atom is 0.264 e. The zero-order valence-corrected chi connectivity index (χ0v) is 20.6. The minimum atomic E-state index is -0.582. The summed E-state index contributed by atoms with van der Waals surface area (Å²) in [6.45, 7) is 2.68. The normalized spacial score (nSPS) is 15.0. The standard InChI is InChI=1S/C27H27ClN2O5/c1-4-21-27(32)30(15-17-8-10-19(28)11-9-17)16-18-14-20(12-13-22(18)35-21)29-26(31)25-23(33-2)6-5-7-24(25)34-3/h5-14,21H,4,15-16H2,1-3H3,(H,29,31)/t21-/m1/s1. The van der Waals surface area contributed by atoms with Crippen molar-refractivity contribution in [3.8, 4) is 17.2 Å². The molecule has 0 aliphatic carbocycles. The molecule has 0 bridgehead atoms. The highest BCUT2D eigenvalue weighted by Crippen LogP contribution is 2.32. The van der Waals surface area contributed by atoms with Crippen LogP contribution in [0.3, 0.4) is 0 Å². The molecule has 0 saturated heterocycles. The van der Waals surface area contributed by atoms with Gasteiger partial charge < -0.3 is 24.4 Å². The number of halogens is 1. The number of methoxy groups -OCH3 is 2. The topological polar surface area (TPSA) is 77.1 Å². The Kier molecular flexibility index (Phi) is 7.46. The summed E-state index contributed by atoms with van der Waals surface area (Å²) in [5, 5.41) is 3.55. The van der Waals surface area contributed by atoms with Crippen LogP contribution < -0.4 is 19.5 Å². The molecule has 8 heteroatoms. The molecule has 1 aliphatic rings. The maximum absolute atomic E-state index is 13.2. The fourth-order valence-electron chi connectivity index (χ4n) is 4.06. The number of carbonyl (C=O) groups excluding carboxylic acids is 2. The number of anilines is 1. The third-order valence-corrected chi connectivity index (χ3v) is 6.10. The molecule has 2 amide bonds. The molecular weight excluding hydrogens is 468 g/mol. The van der Waals surface area contributed by atoms with Crippen molar-refractivity contribution in [2.45, 2.75) is 32.5 Å². The first-order valence-electron chi connectivity index (χ1n) is 11.3. The van der Waals surface area contributed by atoms with Gasteiger partial charge in [-0.05, 0) is 54.4 Å². The van der Waals surface area contributed by atoms with Crippen molar-refractivity contribution in [1.82, 2.24) is 4.90 Å². The Morgan fingerprint density at radius 3 is 2.40 bits per heavy atom. The Hall–Kier alpha value is -3.71. The highest BCUT2D eigenvalue weighted by atomic mass is 35.5. The van der Waals surface area contributed by atoms with Crippen LogP contribution in [-0.2, 0) is 17.9 Å². The number of hydrogen-bond acceptors (Lipinski definition) is 5. The molecule has 0 radical (unpaired) electrons. The Bertz CT molecular complexity index is 1210. The summed E-state index contributed by atoms with van der Waals surface area (Å²) in [5.41, 5.74) is 2.63. The van der Waals surface area contributed by atoms with Crippen molar-refractivity contribution >= 4 is 29.1 Å². The quantitative estimate of drug-likeness (QED) is 0.481. The molecule has 0 fully saturated rings. The first-order valence-corrected chi connectivity index (χ1v) is 11.7. The van der Waals surface area contributed by atoms with E-state index in [1.165, 1.54) is 14.2 Å². The molecule has 1 heterocycles. The molecule has 1 N–H and O–H groups in total. The van der Waals surface area contributed by atoms with Gasteiger partial charge in [-0.25, -0.2) is 0 Å². The van der Waals surface area contributed by atoms with Gasteiger partial charge in [0.1, 0.15) is 22.8 Å². The van der Waals surface area contributed by atoms with Gasteiger partial charge in [0.15, 0.2) is 6.10 Å². The van der Waals surface area contributed by atoms with Gasteiger partial charge in [0.25, 0.3) is 11.8 Å². The smallest absolute Gasteiger partial charge is 0.264 e. The lowest BCUT2D eigenvalue weighted by molar-refractivity contribution is -0.139. The summed E-state index contributed by atoms with van der Waals surface area (Å²) in [7, 11) is 3.00. The van der Waals surface area contributed by atoms with E-state index in [4.69, 9.17) is 25.8 Å². The lowest BCUT2D eigenvalue weighted by atomic mass is 10.1. The Labute approximate surface area is 209 Å². The van der Waals surface area contributed by atoms with Gasteiger partial charge in [0, 0.05) is 29.4 Å². The van der Waals surface area contributed by atoms with Gasteiger partial charge in [0.2, 0.25) is 0 Å². The molecule has 0 saturated carbocycles. The van der Waals surface area contributed by atoms with Crippen LogP contribution in [0, 0.1) is 0 Å². The molecule has 7 nitrogen and oxygen atoms in total. The summed E-state index contributed by atoms with van der Waals surface area (Å²) in [5.74, 6) is 0.991. The van der Waals surface area contributed by atoms with Crippen LogP contribution in [0.25, 0.3) is 0 Å². The molecule has 3 aromatic rings. The van der Waals surface area contributed by atoms with E-state index in [0.29, 0.717) is 53.0 Å². The first kappa shape index (κ1) is 24.4. The average Bonchev–Trinajstić information content (AvgIpc) is 3.00. The summed E-state index contributed by atoms with van der Waals surface area (Å²) >= 11 is 6.01. The highest BCUT2D eigenvalue weighted by Gasteiger charge is 2.30. The number of nitrogens with zero attached hydrogens (tertiary/aromatic N) is 1. The molecule has 0 unspecified atom stereocenters. The van der Waals surface area contributed by atoms with E-state index in [1.807, 2.05) is 25.1 Å². The molecule has 4 rings (SSSR count). The Morgan fingerprint density at radius 2 is 1.77 bits per heavy atom. The predicted molar refractivity (Wildman–Crippen MR) is 134 cm³/mol. The molecule has 1 atom stereocenters. The summed E-state index contributed by atoms with van der Waals surface area (Å²) in [6.07, 6.45) is -0.0385. The number of fused-ring (bicyclic) bond motifs is 1. The Morgan fingerprint density at radius 1 is 1.09 bits per heavy atom. The summed E-state index contributed by atoms with van der Waals surface area (Å²) in [6, 6.07) is 17.9. The number of ether oxygens (including phenoxy) is 3. The minimum Gasteiger partial charge on any atom is -0.496 e. The molecule has 35 heavy (non-hydrogen) atoms. The fourth-order valence-corrected chi connectivity index (χ4v) is 4.18. The van der Waals surface area contributed by atoms with Crippen LogP contribution >= 0.6 is 11.6 Å². The van der Waals surface area contributed by atoms with Crippen LogP contribution in [0.2, 0.25) is 5.02 Å². The van der Waals surface area contributed by atoms with Gasteiger partial charge >= 0.3 is 0 Å². The SMILES string of the molecule is CC[C@H]1Oc2ccc(NC(=O)c3c(OC)cccc3OC)cc2CN(Cc2ccc(Cl)cc2)C1=O. The maximum atomic E-state index is 13.2. The second-order valence-corrected chi connectivity index (χ2v) is 8.59. The molecule has 1 aliphatic heterocycles. The molecule has 3 aromatic carbocycles. The van der Waals surface area contributed by atoms with Gasteiger partial charge in [0.05, 0.1) is 14.2 Å². The number of benzene rings is 3. The lowest BCUT2D eigenvalue weighted by Crippen LogP contribution is -2.38. The second kappa shape index (κ2) is 10.7. The fraction of sp³-hybridized carbons (Fsp3) is 0.259. The molecule has 0 aromatic heterocycles. The van der Waals surface area contributed by atoms with E-state index >= 15 is 0 Å². The van der Waals surface area contributed by atoms with E-state index in [-0.39, 0.29) is 11.8 Å². The van der Waals surface area contributed by atoms with Crippen LogP contribution in [0.4, 0.5) is 5.69 Å². The monoisotopic (exact) mass is 494 g/mol. The van der Waals surface area contributed by atoms with Gasteiger partial charge in [-0.1, -0.05) is 36.7 Å². The van der Waals surface area contributed by atoms with E-state index in [9.17, 15) is 9.59 Å². The third kappa shape index (κ3) is 5.35. The number of carbonyl (C=O) groups is 2. The highest BCUT2D eigenvalue weighted by molar-refractivity contribution is 6.30. The van der Waals surface area contributed by atoms with Crippen molar-refractivity contribution in [2.75, 3.05) is 19.5 Å². The Balaban J connectivity index is 1.61. The molecule has 182 valence electrons. The number of rotatable bonds is 7. The van der Waals surface area contributed by atoms with E-state index in [1.54, 1.807) is 47.4 Å². The van der Waals surface area contributed by atoms with Crippen molar-refractivity contribution in [1.29, 1.82) is 0 Å². The zero-order chi connectivity index (χ0) is 24.9. The average molecular weight is 495 g/mol. The van der Waals surface area contributed by atoms with Gasteiger partial charge in [-0.3, -0.25) is 9.59 Å². The molecule has 0 spiro atoms. The number of amides is 2. The lowest BCUT2D eigenvalue weighted by Gasteiger charge is -2.23. The van der Waals surface area contributed by atoms with Gasteiger partial charge in [-0.2, -0.15) is 0 Å². The van der Waals surface area contributed by atoms with Crippen molar-refractivity contribution in [2.24, 2.45) is 0 Å². The van der Waals surface area contributed by atoms with Gasteiger partial charge in [-0.15, -0.1) is 0 Å². The van der Waals surface area contributed by atoms with Crippen LogP contribution in [0.1, 0.15) is 34.8 Å². The number of hydrogen-bond donors (Lipinski definition) is 1. The zero-order valence-electron chi connectivity index (χ0n) is 19.8. The first-order chi connectivity index (χ1) is 16.9. The van der Waals surface area contributed by atoms with E-state index < -0.39 is 6.10 Å². The van der Waals surface area contributed by atoms with E-state index in [0.717, 1.165) is 11.1 Å². The van der Waals surface area contributed by atoms with Crippen molar-refractivity contribution in [3.63, 3.8) is 0 Å². The van der Waals surface area contributed by atoms with Crippen LogP contribution in [-0.4, -0.2) is 37.0 Å². The van der Waals surface area contributed by atoms with Crippen LogP contribution in [0.15, 0.2) is 60.7 Å². The number of nitrogens with one attached hydrogen (secondary N) is 1. The second-order valence-electron chi connectivity index (χ2n) is 8.15. The molecular formula is C27H27ClN2O5. The predicted octanol–water partition coefficient (Wildman–Crippen LogP) is 5.31. The summed E-state index contributed by atoms with van der Waals surface area (Å²) < 4.78 is 16.8. The van der Waals surface area contributed by atoms with Crippen LogP contribution in [0.5, 0.6) is 17.2 Å². The van der Waals surface area contributed by atoms with E-state index in [2.05, 4.69) is 5.32 Å². The van der Waals surface area contributed by atoms with Crippen molar-refractivity contribution < 1.29 is 23.8 Å². The largest absolute Gasteiger partial charge is 0.496 e.